The zero-order valence-electron chi connectivity index (χ0n) is 8.18. The number of benzene rings is 1. The van der Waals surface area contributed by atoms with Crippen molar-refractivity contribution in [1.82, 2.24) is 0 Å². The smallest absolute Gasteiger partial charge is 0.416 e. The third-order valence-electron chi connectivity index (χ3n) is 2.16. The van der Waals surface area contributed by atoms with Gasteiger partial charge in [0.05, 0.1) is 11.5 Å². The molecule has 0 aliphatic rings. The summed E-state index contributed by atoms with van der Waals surface area (Å²) < 4.78 is 37.6. The van der Waals surface area contributed by atoms with Crippen molar-refractivity contribution >= 4 is 21.9 Å². The maximum Gasteiger partial charge on any atom is 0.416 e. The van der Waals surface area contributed by atoms with Gasteiger partial charge in [-0.25, -0.2) is 0 Å². The average molecular weight is 297 g/mol. The Bertz CT molecular complexity index is 415. The van der Waals surface area contributed by atoms with Crippen LogP contribution in [0.15, 0.2) is 22.7 Å². The standard InChI is InChI=1S/C10H8BrF3O2/c1-5(9(15)16)7-4-6(10(12,13)14)2-3-8(7)11/h2-5H,1H3,(H,15,16). The summed E-state index contributed by atoms with van der Waals surface area (Å²) in [5.74, 6) is -2.16. The molecule has 0 amide bonds. The molecule has 6 heteroatoms. The summed E-state index contributed by atoms with van der Waals surface area (Å²) in [6, 6.07) is 2.96. The van der Waals surface area contributed by atoms with Crippen molar-refractivity contribution in [3.63, 3.8) is 0 Å². The van der Waals surface area contributed by atoms with Crippen molar-refractivity contribution in [2.24, 2.45) is 0 Å². The first-order valence-electron chi connectivity index (χ1n) is 4.33. The summed E-state index contributed by atoms with van der Waals surface area (Å²) in [6.45, 7) is 1.34. The average Bonchev–Trinajstić information content (AvgIpc) is 2.15. The first-order valence-corrected chi connectivity index (χ1v) is 5.12. The summed E-state index contributed by atoms with van der Waals surface area (Å²) in [5, 5.41) is 8.75. The Labute approximate surface area is 98.2 Å². The maximum atomic E-state index is 12.4. The highest BCUT2D eigenvalue weighted by atomic mass is 79.9. The number of hydrogen-bond donors (Lipinski definition) is 1. The molecular formula is C10H8BrF3O2. The van der Waals surface area contributed by atoms with E-state index in [1.807, 2.05) is 0 Å². The molecule has 1 N–H and O–H groups in total. The molecule has 16 heavy (non-hydrogen) atoms. The molecule has 0 saturated carbocycles. The minimum Gasteiger partial charge on any atom is -0.481 e. The van der Waals surface area contributed by atoms with Gasteiger partial charge >= 0.3 is 12.1 Å². The van der Waals surface area contributed by atoms with Crippen LogP contribution in [0.1, 0.15) is 24.0 Å². The van der Waals surface area contributed by atoms with Crippen LogP contribution >= 0.6 is 15.9 Å². The second kappa shape index (κ2) is 4.45. The van der Waals surface area contributed by atoms with Gasteiger partial charge in [-0.15, -0.1) is 0 Å². The van der Waals surface area contributed by atoms with E-state index in [4.69, 9.17) is 5.11 Å². The van der Waals surface area contributed by atoms with Gasteiger partial charge in [0.15, 0.2) is 0 Å². The van der Waals surface area contributed by atoms with Gasteiger partial charge in [0.1, 0.15) is 0 Å². The highest BCUT2D eigenvalue weighted by Crippen LogP contribution is 2.34. The van der Waals surface area contributed by atoms with E-state index in [0.717, 1.165) is 12.1 Å². The van der Waals surface area contributed by atoms with Crippen LogP contribution in [-0.4, -0.2) is 11.1 Å². The normalized spacial score (nSPS) is 13.6. The summed E-state index contributed by atoms with van der Waals surface area (Å²) in [6.07, 6.45) is -4.46. The molecule has 0 bridgehead atoms. The quantitative estimate of drug-likeness (QED) is 0.904. The fourth-order valence-corrected chi connectivity index (χ4v) is 1.77. The lowest BCUT2D eigenvalue weighted by Crippen LogP contribution is -2.11. The lowest BCUT2D eigenvalue weighted by Gasteiger charge is -2.13. The minimum atomic E-state index is -4.46. The SMILES string of the molecule is CC(C(=O)O)c1cc(C(F)(F)F)ccc1Br. The van der Waals surface area contributed by atoms with E-state index in [-0.39, 0.29) is 5.56 Å². The number of hydrogen-bond acceptors (Lipinski definition) is 1. The summed E-state index contributed by atoms with van der Waals surface area (Å²) >= 11 is 3.04. The van der Waals surface area contributed by atoms with Gasteiger partial charge < -0.3 is 5.11 Å². The Kier molecular flexibility index (Phi) is 3.62. The molecule has 0 spiro atoms. The first-order chi connectivity index (χ1) is 7.23. The predicted octanol–water partition coefficient (Wildman–Crippen LogP) is 3.66. The molecule has 1 aromatic carbocycles. The largest absolute Gasteiger partial charge is 0.481 e. The van der Waals surface area contributed by atoms with Gasteiger partial charge in [-0.05, 0) is 30.7 Å². The van der Waals surface area contributed by atoms with E-state index < -0.39 is 23.6 Å². The Morgan fingerprint density at radius 2 is 2.00 bits per heavy atom. The predicted molar refractivity (Wildman–Crippen MR) is 55.2 cm³/mol. The van der Waals surface area contributed by atoms with Gasteiger partial charge in [-0.1, -0.05) is 15.9 Å². The summed E-state index contributed by atoms with van der Waals surface area (Å²) in [4.78, 5) is 10.7. The molecule has 0 aliphatic heterocycles. The second-order valence-corrected chi connectivity index (χ2v) is 4.15. The number of carboxylic acid groups (broad SMARTS) is 1. The highest BCUT2D eigenvalue weighted by molar-refractivity contribution is 9.10. The van der Waals surface area contributed by atoms with Crippen LogP contribution in [0.3, 0.4) is 0 Å². The van der Waals surface area contributed by atoms with Crippen molar-refractivity contribution in [3.05, 3.63) is 33.8 Å². The van der Waals surface area contributed by atoms with Gasteiger partial charge in [-0.3, -0.25) is 4.79 Å². The molecule has 1 rings (SSSR count). The third kappa shape index (κ3) is 2.75. The van der Waals surface area contributed by atoms with E-state index in [1.165, 1.54) is 13.0 Å². The fourth-order valence-electron chi connectivity index (χ4n) is 1.18. The van der Waals surface area contributed by atoms with Crippen molar-refractivity contribution in [2.45, 2.75) is 19.0 Å². The monoisotopic (exact) mass is 296 g/mol. The van der Waals surface area contributed by atoms with E-state index in [2.05, 4.69) is 15.9 Å². The van der Waals surface area contributed by atoms with E-state index in [0.29, 0.717) is 4.47 Å². The molecule has 0 heterocycles. The summed E-state index contributed by atoms with van der Waals surface area (Å²) in [5.41, 5.74) is -0.735. The highest BCUT2D eigenvalue weighted by Gasteiger charge is 2.31. The molecule has 0 aromatic heterocycles. The van der Waals surface area contributed by atoms with Gasteiger partial charge in [0, 0.05) is 4.47 Å². The number of alkyl halides is 3. The molecule has 2 nitrogen and oxygen atoms in total. The van der Waals surface area contributed by atoms with E-state index in [1.54, 1.807) is 0 Å². The van der Waals surface area contributed by atoms with Crippen LogP contribution in [0.5, 0.6) is 0 Å². The Hall–Kier alpha value is -1.04. The van der Waals surface area contributed by atoms with Crippen molar-refractivity contribution in [2.75, 3.05) is 0 Å². The molecule has 1 aromatic rings. The van der Waals surface area contributed by atoms with Crippen LogP contribution in [-0.2, 0) is 11.0 Å². The van der Waals surface area contributed by atoms with Crippen LogP contribution in [0.25, 0.3) is 0 Å². The minimum absolute atomic E-state index is 0.113. The summed E-state index contributed by atoms with van der Waals surface area (Å²) in [7, 11) is 0. The Balaban J connectivity index is 3.24. The van der Waals surface area contributed by atoms with E-state index >= 15 is 0 Å². The number of aliphatic carboxylic acids is 1. The molecule has 88 valence electrons. The van der Waals surface area contributed by atoms with Crippen LogP contribution < -0.4 is 0 Å². The fraction of sp³-hybridized carbons (Fsp3) is 0.300. The Morgan fingerprint density at radius 1 is 1.44 bits per heavy atom. The van der Waals surface area contributed by atoms with Gasteiger partial charge in [0.2, 0.25) is 0 Å². The number of carbonyl (C=O) groups is 1. The zero-order valence-corrected chi connectivity index (χ0v) is 9.76. The number of rotatable bonds is 2. The molecule has 1 unspecified atom stereocenters. The zero-order chi connectivity index (χ0) is 12.5. The second-order valence-electron chi connectivity index (χ2n) is 3.29. The molecule has 0 saturated heterocycles. The van der Waals surface area contributed by atoms with Crippen molar-refractivity contribution in [1.29, 1.82) is 0 Å². The maximum absolute atomic E-state index is 12.4. The van der Waals surface area contributed by atoms with Crippen LogP contribution in [0.4, 0.5) is 13.2 Å². The molecule has 0 fully saturated rings. The van der Waals surface area contributed by atoms with Crippen LogP contribution in [0.2, 0.25) is 0 Å². The lowest BCUT2D eigenvalue weighted by molar-refractivity contribution is -0.139. The Morgan fingerprint density at radius 3 is 2.44 bits per heavy atom. The van der Waals surface area contributed by atoms with Crippen molar-refractivity contribution in [3.8, 4) is 0 Å². The van der Waals surface area contributed by atoms with Crippen molar-refractivity contribution < 1.29 is 23.1 Å². The first kappa shape index (κ1) is 13.0. The van der Waals surface area contributed by atoms with Gasteiger partial charge in [-0.2, -0.15) is 13.2 Å². The lowest BCUT2D eigenvalue weighted by atomic mass is 9.99. The third-order valence-corrected chi connectivity index (χ3v) is 2.88. The number of carboxylic acids is 1. The number of halogens is 4. The molecule has 1 atom stereocenters. The topological polar surface area (TPSA) is 37.3 Å². The van der Waals surface area contributed by atoms with E-state index in [9.17, 15) is 18.0 Å². The molecule has 0 aliphatic carbocycles. The molecule has 0 radical (unpaired) electrons. The van der Waals surface area contributed by atoms with Gasteiger partial charge in [0.25, 0.3) is 0 Å². The molecular weight excluding hydrogens is 289 g/mol. The van der Waals surface area contributed by atoms with Crippen LogP contribution in [0, 0.1) is 0 Å².